The van der Waals surface area contributed by atoms with Crippen LogP contribution < -0.4 is 10.9 Å². The zero-order valence-electron chi connectivity index (χ0n) is 15.7. The van der Waals surface area contributed by atoms with Gasteiger partial charge in [-0.25, -0.2) is 27.6 Å². The molecular weight excluding hydrogens is 415 g/mol. The van der Waals surface area contributed by atoms with Gasteiger partial charge < -0.3 is 10.1 Å². The summed E-state index contributed by atoms with van der Waals surface area (Å²) >= 11 is 5.77. The summed E-state index contributed by atoms with van der Waals surface area (Å²) in [4.78, 5) is 33.6. The molecule has 154 valence electrons. The van der Waals surface area contributed by atoms with Gasteiger partial charge in [-0.2, -0.15) is 0 Å². The molecule has 0 saturated heterocycles. The number of halogens is 2. The van der Waals surface area contributed by atoms with Crippen LogP contribution >= 0.6 is 11.6 Å². The minimum atomic E-state index is -3.86. The van der Waals surface area contributed by atoms with Gasteiger partial charge in [0, 0.05) is 12.8 Å². The maximum atomic E-state index is 14.3. The number of amides is 1. The van der Waals surface area contributed by atoms with Gasteiger partial charge in [0.1, 0.15) is 11.1 Å². The summed E-state index contributed by atoms with van der Waals surface area (Å²) in [5.41, 5.74) is -1.81. The highest BCUT2D eigenvalue weighted by atomic mass is 35.5. The lowest BCUT2D eigenvalue weighted by Crippen LogP contribution is -2.33. The third-order valence-corrected chi connectivity index (χ3v) is 4.56. The second-order valence-corrected chi connectivity index (χ2v) is 9.35. The molecule has 2 rings (SSSR count). The van der Waals surface area contributed by atoms with Crippen LogP contribution in [0.15, 0.2) is 9.95 Å². The molecule has 2 heterocycles. The number of carbonyl (C=O) groups excluding carboxylic acids is 1. The second kappa shape index (κ2) is 8.00. The summed E-state index contributed by atoms with van der Waals surface area (Å²) in [5.74, 6) is -1.08. The van der Waals surface area contributed by atoms with E-state index in [2.05, 4.69) is 20.3 Å². The molecule has 0 aliphatic rings. The summed E-state index contributed by atoms with van der Waals surface area (Å²) in [6.07, 6.45) is 0.743. The second-order valence-electron chi connectivity index (χ2n) is 7.06. The Bertz CT molecular complexity index is 1080. The molecule has 2 aromatic heterocycles. The van der Waals surface area contributed by atoms with Gasteiger partial charge >= 0.3 is 6.09 Å². The first kappa shape index (κ1) is 22.0. The molecule has 0 saturated carbocycles. The number of carbonyl (C=O) groups is 1. The predicted octanol–water partition coefficient (Wildman–Crippen LogP) is 1.97. The third kappa shape index (κ3) is 5.38. The molecule has 2 aromatic rings. The Morgan fingerprint density at radius 2 is 1.96 bits per heavy atom. The first-order valence-electron chi connectivity index (χ1n) is 8.24. The molecule has 0 fully saturated rings. The van der Waals surface area contributed by atoms with Crippen molar-refractivity contribution in [2.24, 2.45) is 0 Å². The number of hydrogen-bond donors (Lipinski definition) is 2. The van der Waals surface area contributed by atoms with Crippen LogP contribution in [0.2, 0.25) is 5.15 Å². The number of sulfone groups is 1. The fourth-order valence-electron chi connectivity index (χ4n) is 2.32. The molecule has 28 heavy (non-hydrogen) atoms. The molecule has 1 amide bonds. The Morgan fingerprint density at radius 3 is 2.54 bits per heavy atom. The Hall–Kier alpha value is -2.27. The number of nitrogens with one attached hydrogen (secondary N) is 2. The van der Waals surface area contributed by atoms with Crippen molar-refractivity contribution in [3.05, 3.63) is 27.0 Å². The predicted molar refractivity (Wildman–Crippen MR) is 101 cm³/mol. The molecule has 0 atom stereocenters. The van der Waals surface area contributed by atoms with Gasteiger partial charge in [-0.1, -0.05) is 11.6 Å². The van der Waals surface area contributed by atoms with Gasteiger partial charge in [0.05, 0.1) is 11.1 Å². The monoisotopic (exact) mass is 434 g/mol. The van der Waals surface area contributed by atoms with Gasteiger partial charge in [-0.15, -0.1) is 0 Å². The number of aromatic nitrogens is 3. The Labute approximate surface area is 165 Å². The summed E-state index contributed by atoms with van der Waals surface area (Å²) in [5, 5.41) is 1.17. The number of ether oxygens (including phenoxy) is 1. The maximum absolute atomic E-state index is 14.3. The number of rotatable bonds is 5. The molecule has 0 bridgehead atoms. The number of H-pyrrole nitrogens is 1. The average molecular weight is 435 g/mol. The SMILES string of the molecule is CC(C)(C)OC(=O)NCCCc1nc(Cl)c(F)c2nc(S(C)(=O)=O)[nH]c(=O)c12. The van der Waals surface area contributed by atoms with E-state index in [1.54, 1.807) is 20.8 Å². The van der Waals surface area contributed by atoms with Gasteiger partial charge in [-0.3, -0.25) is 9.78 Å². The minimum Gasteiger partial charge on any atom is -0.444 e. The van der Waals surface area contributed by atoms with Crippen molar-refractivity contribution in [2.75, 3.05) is 12.8 Å². The van der Waals surface area contributed by atoms with Crippen LogP contribution in [0.4, 0.5) is 9.18 Å². The van der Waals surface area contributed by atoms with E-state index < -0.39 is 48.7 Å². The van der Waals surface area contributed by atoms with Crippen LogP contribution in [-0.2, 0) is 21.0 Å². The number of nitrogens with zero attached hydrogens (tertiary/aromatic N) is 2. The summed E-state index contributed by atoms with van der Waals surface area (Å²) < 4.78 is 42.7. The fourth-order valence-corrected chi connectivity index (χ4v) is 3.04. The number of aryl methyl sites for hydroxylation is 1. The third-order valence-electron chi connectivity index (χ3n) is 3.42. The van der Waals surface area contributed by atoms with E-state index in [1.165, 1.54) is 0 Å². The highest BCUT2D eigenvalue weighted by Crippen LogP contribution is 2.23. The summed E-state index contributed by atoms with van der Waals surface area (Å²) in [7, 11) is -3.86. The van der Waals surface area contributed by atoms with E-state index in [-0.39, 0.29) is 24.0 Å². The molecule has 2 N–H and O–H groups in total. The molecule has 0 spiro atoms. The van der Waals surface area contributed by atoms with E-state index in [9.17, 15) is 22.4 Å². The van der Waals surface area contributed by atoms with E-state index in [0.717, 1.165) is 6.26 Å². The lowest BCUT2D eigenvalue weighted by Gasteiger charge is -2.19. The largest absolute Gasteiger partial charge is 0.444 e. The standard InChI is InChI=1S/C16H20ClFN4O5S/c1-16(2,3)27-15(24)19-7-5-6-8-9-11(10(18)12(17)20-8)21-14(22-13(9)23)28(4,25)26/h5-7H2,1-4H3,(H,19,24)(H,21,22,23). The van der Waals surface area contributed by atoms with E-state index >= 15 is 0 Å². The first-order chi connectivity index (χ1) is 12.8. The Balaban J connectivity index is 2.27. The number of pyridine rings is 1. The van der Waals surface area contributed by atoms with Crippen molar-refractivity contribution in [1.82, 2.24) is 20.3 Å². The zero-order valence-corrected chi connectivity index (χ0v) is 17.3. The number of fused-ring (bicyclic) bond motifs is 1. The maximum Gasteiger partial charge on any atom is 0.407 e. The van der Waals surface area contributed by atoms with Crippen LogP contribution in [-0.4, -0.2) is 47.9 Å². The van der Waals surface area contributed by atoms with Crippen molar-refractivity contribution >= 4 is 38.4 Å². The topological polar surface area (TPSA) is 131 Å². The lowest BCUT2D eigenvalue weighted by atomic mass is 10.1. The van der Waals surface area contributed by atoms with Gasteiger partial charge in [0.25, 0.3) is 5.56 Å². The number of hydrogen-bond acceptors (Lipinski definition) is 7. The van der Waals surface area contributed by atoms with Crippen LogP contribution in [0, 0.1) is 5.82 Å². The van der Waals surface area contributed by atoms with Gasteiger partial charge in [-0.05, 0) is 33.6 Å². The van der Waals surface area contributed by atoms with Crippen LogP contribution in [0.5, 0.6) is 0 Å². The van der Waals surface area contributed by atoms with Crippen molar-refractivity contribution in [1.29, 1.82) is 0 Å². The highest BCUT2D eigenvalue weighted by Gasteiger charge is 2.21. The molecule has 0 aliphatic heterocycles. The number of alkyl carbamates (subject to hydrolysis) is 1. The molecule has 0 radical (unpaired) electrons. The summed E-state index contributed by atoms with van der Waals surface area (Å²) in [6, 6.07) is 0. The van der Waals surface area contributed by atoms with Crippen molar-refractivity contribution < 1.29 is 22.3 Å². The molecule has 12 heteroatoms. The zero-order chi connectivity index (χ0) is 21.3. The van der Waals surface area contributed by atoms with Crippen LogP contribution in [0.3, 0.4) is 0 Å². The lowest BCUT2D eigenvalue weighted by molar-refractivity contribution is 0.0527. The van der Waals surface area contributed by atoms with Crippen molar-refractivity contribution in [3.8, 4) is 0 Å². The first-order valence-corrected chi connectivity index (χ1v) is 10.5. The van der Waals surface area contributed by atoms with E-state index in [0.29, 0.717) is 6.42 Å². The normalized spacial score (nSPS) is 12.2. The summed E-state index contributed by atoms with van der Waals surface area (Å²) in [6.45, 7) is 5.40. The molecular formula is C16H20ClFN4O5S. The molecule has 0 aliphatic carbocycles. The highest BCUT2D eigenvalue weighted by molar-refractivity contribution is 7.90. The van der Waals surface area contributed by atoms with Gasteiger partial charge in [0.2, 0.25) is 15.0 Å². The smallest absolute Gasteiger partial charge is 0.407 e. The van der Waals surface area contributed by atoms with Crippen LogP contribution in [0.25, 0.3) is 10.9 Å². The van der Waals surface area contributed by atoms with Crippen molar-refractivity contribution in [2.45, 2.75) is 44.4 Å². The quantitative estimate of drug-likeness (QED) is 0.417. The van der Waals surface area contributed by atoms with E-state index in [4.69, 9.17) is 16.3 Å². The fraction of sp³-hybridized carbons (Fsp3) is 0.500. The Morgan fingerprint density at radius 1 is 1.32 bits per heavy atom. The van der Waals surface area contributed by atoms with Gasteiger partial charge in [0.15, 0.2) is 11.0 Å². The van der Waals surface area contributed by atoms with Crippen LogP contribution in [0.1, 0.15) is 32.9 Å². The molecule has 9 nitrogen and oxygen atoms in total. The molecule has 0 aromatic carbocycles. The Kier molecular flexibility index (Phi) is 6.29. The van der Waals surface area contributed by atoms with E-state index in [1.807, 2.05) is 0 Å². The van der Waals surface area contributed by atoms with Crippen molar-refractivity contribution in [3.63, 3.8) is 0 Å². The average Bonchev–Trinajstić information content (AvgIpc) is 2.53. The minimum absolute atomic E-state index is 0.140. The molecule has 0 unspecified atom stereocenters. The number of aromatic amines is 1.